The van der Waals surface area contributed by atoms with Crippen LogP contribution in [0.25, 0.3) is 0 Å². The lowest BCUT2D eigenvalue weighted by molar-refractivity contribution is -0.248. The number of rotatable bonds is 10. The van der Waals surface area contributed by atoms with Crippen molar-refractivity contribution in [3.05, 3.63) is 22.8 Å². The van der Waals surface area contributed by atoms with Crippen LogP contribution in [0.3, 0.4) is 0 Å². The Morgan fingerprint density at radius 2 is 1.50 bits per heavy atom. The Kier molecular flexibility index (Phi) is 10.4. The van der Waals surface area contributed by atoms with Crippen molar-refractivity contribution in [2.75, 3.05) is 13.2 Å². The SMILES string of the molecule is O=C(CC(=O)OCCOC(F)(F)C(=O)O)CC(=O)Oc1c(I)cc(I)cc1I. The van der Waals surface area contributed by atoms with Crippen molar-refractivity contribution in [1.82, 2.24) is 0 Å². The quantitative estimate of drug-likeness (QED) is 0.128. The Hall–Kier alpha value is -0.690. The number of hydrogen-bond acceptors (Lipinski definition) is 7. The fourth-order valence-electron chi connectivity index (χ4n) is 1.60. The molecule has 28 heavy (non-hydrogen) atoms. The molecule has 0 saturated carbocycles. The van der Waals surface area contributed by atoms with Gasteiger partial charge in [0.05, 0.1) is 13.7 Å². The molecule has 0 radical (unpaired) electrons. The summed E-state index contributed by atoms with van der Waals surface area (Å²) in [7, 11) is 0. The van der Waals surface area contributed by atoms with Gasteiger partial charge in [0.1, 0.15) is 19.4 Å². The van der Waals surface area contributed by atoms with Gasteiger partial charge >= 0.3 is 24.0 Å². The minimum absolute atomic E-state index is 0.304. The normalized spacial score (nSPS) is 11.0. The fraction of sp³-hybridized carbons (Fsp3) is 0.333. The van der Waals surface area contributed by atoms with Crippen molar-refractivity contribution < 1.29 is 47.3 Å². The number of benzene rings is 1. The summed E-state index contributed by atoms with van der Waals surface area (Å²) in [6.07, 6.45) is -5.86. The summed E-state index contributed by atoms with van der Waals surface area (Å²) in [6, 6.07) is 3.56. The van der Waals surface area contributed by atoms with Gasteiger partial charge in [-0.25, -0.2) is 4.79 Å². The number of halogens is 5. The Morgan fingerprint density at radius 3 is 2.04 bits per heavy atom. The van der Waals surface area contributed by atoms with Crippen LogP contribution in [0.1, 0.15) is 12.8 Å². The Balaban J connectivity index is 2.40. The third-order valence-electron chi connectivity index (χ3n) is 2.74. The van der Waals surface area contributed by atoms with Crippen LogP contribution >= 0.6 is 67.8 Å². The molecule has 0 bridgehead atoms. The third-order valence-corrected chi connectivity index (χ3v) is 4.97. The number of ether oxygens (including phenoxy) is 3. The van der Waals surface area contributed by atoms with Crippen LogP contribution in [0, 0.1) is 10.7 Å². The number of carboxylic acids is 1. The lowest BCUT2D eigenvalue weighted by atomic mass is 10.2. The summed E-state index contributed by atoms with van der Waals surface area (Å²) in [5, 5.41) is 8.13. The van der Waals surface area contributed by atoms with Crippen LogP contribution in [0.15, 0.2) is 12.1 Å². The molecule has 0 aliphatic rings. The molecule has 1 rings (SSSR count). The number of carboxylic acid groups (broad SMARTS) is 1. The predicted octanol–water partition coefficient (Wildman–Crippen LogP) is 2.99. The molecule has 0 aromatic heterocycles. The number of esters is 2. The van der Waals surface area contributed by atoms with Gasteiger partial charge in [0.25, 0.3) is 0 Å². The number of Topliss-reactive ketones (excluding diaryl/α,β-unsaturated/α-hetero) is 1. The van der Waals surface area contributed by atoms with Crippen LogP contribution in [-0.4, -0.2) is 48.1 Å². The second-order valence-corrected chi connectivity index (χ2v) is 8.53. The van der Waals surface area contributed by atoms with E-state index in [1.54, 1.807) is 12.1 Å². The van der Waals surface area contributed by atoms with Crippen molar-refractivity contribution >= 4 is 91.5 Å². The number of carbonyl (C=O) groups excluding carboxylic acids is 3. The number of alkyl halides is 2. The molecule has 0 aliphatic heterocycles. The largest absolute Gasteiger partial charge is 0.475 e. The van der Waals surface area contributed by atoms with Crippen molar-refractivity contribution in [2.45, 2.75) is 19.0 Å². The zero-order chi connectivity index (χ0) is 21.5. The molecule has 0 unspecified atom stereocenters. The van der Waals surface area contributed by atoms with Gasteiger partial charge < -0.3 is 19.3 Å². The van der Waals surface area contributed by atoms with Gasteiger partial charge in [0.15, 0.2) is 11.5 Å². The first-order chi connectivity index (χ1) is 12.9. The minimum atomic E-state index is -4.41. The number of hydrogen-bond donors (Lipinski definition) is 1. The zero-order valence-electron chi connectivity index (χ0n) is 13.7. The Labute approximate surface area is 198 Å². The molecule has 154 valence electrons. The van der Waals surface area contributed by atoms with Gasteiger partial charge in [-0.2, -0.15) is 8.78 Å². The van der Waals surface area contributed by atoms with E-state index < -0.39 is 55.9 Å². The maximum atomic E-state index is 12.6. The highest BCUT2D eigenvalue weighted by Gasteiger charge is 2.40. The zero-order valence-corrected chi connectivity index (χ0v) is 20.2. The highest BCUT2D eigenvalue weighted by Crippen LogP contribution is 2.29. The minimum Gasteiger partial charge on any atom is -0.475 e. The van der Waals surface area contributed by atoms with E-state index in [0.717, 1.165) is 3.57 Å². The second kappa shape index (κ2) is 11.5. The van der Waals surface area contributed by atoms with Crippen LogP contribution in [0.4, 0.5) is 8.78 Å². The van der Waals surface area contributed by atoms with Gasteiger partial charge in [0, 0.05) is 3.57 Å². The monoisotopic (exact) mass is 738 g/mol. The van der Waals surface area contributed by atoms with Crippen LogP contribution in [-0.2, 0) is 28.7 Å². The lowest BCUT2D eigenvalue weighted by Crippen LogP contribution is -2.33. The summed E-state index contributed by atoms with van der Waals surface area (Å²) in [6.45, 7) is -1.57. The molecule has 0 fully saturated rings. The third kappa shape index (κ3) is 8.76. The van der Waals surface area contributed by atoms with Gasteiger partial charge in [-0.1, -0.05) is 0 Å². The van der Waals surface area contributed by atoms with Crippen molar-refractivity contribution in [3.8, 4) is 5.75 Å². The molecule has 1 aromatic rings. The van der Waals surface area contributed by atoms with Gasteiger partial charge in [-0.05, 0) is 79.9 Å². The summed E-state index contributed by atoms with van der Waals surface area (Å²) < 4.78 is 40.9. The molecule has 0 aliphatic carbocycles. The standard InChI is InChI=1S/C15H11F2I3O8/c16-15(17,14(24)25)27-2-1-26-11(22)5-8(21)6-12(23)28-13-9(19)3-7(18)4-10(13)20/h3-4H,1-2,5-6H2,(H,24,25). The topological polar surface area (TPSA) is 116 Å². The highest BCUT2D eigenvalue weighted by molar-refractivity contribution is 14.1. The molecule has 8 nitrogen and oxygen atoms in total. The van der Waals surface area contributed by atoms with E-state index in [1.165, 1.54) is 0 Å². The average Bonchev–Trinajstić information content (AvgIpc) is 2.54. The van der Waals surface area contributed by atoms with Crippen LogP contribution < -0.4 is 4.74 Å². The first-order valence-electron chi connectivity index (χ1n) is 7.20. The van der Waals surface area contributed by atoms with Crippen molar-refractivity contribution in [3.63, 3.8) is 0 Å². The van der Waals surface area contributed by atoms with Crippen molar-refractivity contribution in [2.24, 2.45) is 0 Å². The van der Waals surface area contributed by atoms with Crippen molar-refractivity contribution in [1.29, 1.82) is 0 Å². The summed E-state index contributed by atoms with van der Waals surface area (Å²) in [4.78, 5) is 45.1. The molecular formula is C15H11F2I3O8. The highest BCUT2D eigenvalue weighted by atomic mass is 127. The Bertz CT molecular complexity index is 762. The fourth-order valence-corrected chi connectivity index (χ4v) is 5.40. The Morgan fingerprint density at radius 1 is 0.964 bits per heavy atom. The van der Waals surface area contributed by atoms with Gasteiger partial charge in [-0.3, -0.25) is 14.4 Å². The first kappa shape index (κ1) is 25.3. The molecule has 1 aromatic carbocycles. The van der Waals surface area contributed by atoms with E-state index in [2.05, 4.69) is 32.1 Å². The van der Waals surface area contributed by atoms with E-state index in [9.17, 15) is 28.0 Å². The molecule has 13 heteroatoms. The second-order valence-electron chi connectivity index (χ2n) is 4.96. The van der Waals surface area contributed by atoms with E-state index in [1.807, 2.05) is 45.2 Å². The van der Waals surface area contributed by atoms with Gasteiger partial charge in [-0.15, -0.1) is 0 Å². The maximum absolute atomic E-state index is 12.6. The number of carbonyl (C=O) groups is 4. The van der Waals surface area contributed by atoms with E-state index in [0.29, 0.717) is 12.9 Å². The van der Waals surface area contributed by atoms with Crippen LogP contribution in [0.5, 0.6) is 5.75 Å². The van der Waals surface area contributed by atoms with E-state index in [4.69, 9.17) is 9.84 Å². The molecule has 1 N–H and O–H groups in total. The average molecular weight is 738 g/mol. The molecular weight excluding hydrogens is 727 g/mol. The smallest absolute Gasteiger partial charge is 0.456 e. The summed E-state index contributed by atoms with van der Waals surface area (Å²) in [5.41, 5.74) is 0. The molecule has 0 amide bonds. The predicted molar refractivity (Wildman–Crippen MR) is 114 cm³/mol. The lowest BCUT2D eigenvalue weighted by Gasteiger charge is -2.11. The van der Waals surface area contributed by atoms with E-state index >= 15 is 0 Å². The van der Waals surface area contributed by atoms with Gasteiger partial charge in [0.2, 0.25) is 0 Å². The number of aliphatic carboxylic acids is 1. The summed E-state index contributed by atoms with van der Waals surface area (Å²) in [5.74, 6) is -4.90. The molecule has 0 heterocycles. The first-order valence-corrected chi connectivity index (χ1v) is 10.4. The molecule has 0 atom stereocenters. The maximum Gasteiger partial charge on any atom is 0.456 e. The summed E-state index contributed by atoms with van der Waals surface area (Å²) >= 11 is 6.06. The van der Waals surface area contributed by atoms with E-state index in [-0.39, 0.29) is 0 Å². The number of ketones is 1. The van der Waals surface area contributed by atoms with Crippen LogP contribution in [0.2, 0.25) is 0 Å². The molecule has 0 saturated heterocycles. The molecule has 0 spiro atoms.